The quantitative estimate of drug-likeness (QED) is 0.331. The van der Waals surface area contributed by atoms with Crippen molar-refractivity contribution in [3.8, 4) is 11.5 Å². The SMILES string of the molecule is COc1cc(/C=N\NC(=O)C(=O)NC2CC2)ccc1OCC(=O)Nc1cc(C)cc(C)c1. The Bertz CT molecular complexity index is 1030. The fourth-order valence-corrected chi connectivity index (χ4v) is 2.97. The average Bonchev–Trinajstić information content (AvgIpc) is 3.55. The van der Waals surface area contributed by atoms with Crippen molar-refractivity contribution in [1.29, 1.82) is 0 Å². The van der Waals surface area contributed by atoms with E-state index < -0.39 is 11.8 Å². The van der Waals surface area contributed by atoms with Crippen LogP contribution in [0.4, 0.5) is 5.69 Å². The van der Waals surface area contributed by atoms with Crippen molar-refractivity contribution < 1.29 is 23.9 Å². The molecule has 3 N–H and O–H groups in total. The number of benzene rings is 2. The first kappa shape index (κ1) is 22.8. The van der Waals surface area contributed by atoms with Crippen molar-refractivity contribution >= 4 is 29.6 Å². The number of hydrogen-bond donors (Lipinski definition) is 3. The zero-order valence-corrected chi connectivity index (χ0v) is 18.2. The molecule has 0 bridgehead atoms. The number of aryl methyl sites for hydroxylation is 2. The van der Waals surface area contributed by atoms with E-state index in [0.29, 0.717) is 22.7 Å². The lowest BCUT2D eigenvalue weighted by molar-refractivity contribution is -0.139. The highest BCUT2D eigenvalue weighted by Gasteiger charge is 2.26. The van der Waals surface area contributed by atoms with Crippen LogP contribution in [-0.2, 0) is 14.4 Å². The van der Waals surface area contributed by atoms with Crippen molar-refractivity contribution in [2.75, 3.05) is 19.0 Å². The third-order valence-electron chi connectivity index (χ3n) is 4.55. The molecular weight excluding hydrogens is 412 g/mol. The predicted octanol–water partition coefficient (Wildman–Crippen LogP) is 2.06. The first-order valence-electron chi connectivity index (χ1n) is 10.2. The molecule has 0 saturated heterocycles. The monoisotopic (exact) mass is 438 g/mol. The third-order valence-corrected chi connectivity index (χ3v) is 4.55. The predicted molar refractivity (Wildman–Crippen MR) is 120 cm³/mol. The fraction of sp³-hybridized carbons (Fsp3) is 0.304. The van der Waals surface area contributed by atoms with Gasteiger partial charge in [0.2, 0.25) is 0 Å². The minimum atomic E-state index is -0.824. The van der Waals surface area contributed by atoms with Crippen LogP contribution in [0.25, 0.3) is 0 Å². The summed E-state index contributed by atoms with van der Waals surface area (Å²) in [5.41, 5.74) is 5.61. The van der Waals surface area contributed by atoms with Gasteiger partial charge in [0.1, 0.15) is 0 Å². The molecule has 0 unspecified atom stereocenters. The van der Waals surface area contributed by atoms with Crippen molar-refractivity contribution in [2.24, 2.45) is 5.10 Å². The van der Waals surface area contributed by atoms with Gasteiger partial charge in [0.25, 0.3) is 5.91 Å². The highest BCUT2D eigenvalue weighted by Crippen LogP contribution is 2.27. The van der Waals surface area contributed by atoms with Gasteiger partial charge in [-0.25, -0.2) is 5.43 Å². The van der Waals surface area contributed by atoms with E-state index in [4.69, 9.17) is 9.47 Å². The molecule has 9 nitrogen and oxygen atoms in total. The molecule has 1 aliphatic carbocycles. The van der Waals surface area contributed by atoms with Gasteiger partial charge in [-0.3, -0.25) is 14.4 Å². The van der Waals surface area contributed by atoms with E-state index >= 15 is 0 Å². The van der Waals surface area contributed by atoms with E-state index in [1.165, 1.54) is 13.3 Å². The van der Waals surface area contributed by atoms with Gasteiger partial charge in [-0.2, -0.15) is 5.10 Å². The van der Waals surface area contributed by atoms with Crippen molar-refractivity contribution in [3.63, 3.8) is 0 Å². The van der Waals surface area contributed by atoms with Crippen LogP contribution in [0.2, 0.25) is 0 Å². The van der Waals surface area contributed by atoms with Gasteiger partial charge in [0.05, 0.1) is 13.3 Å². The van der Waals surface area contributed by atoms with Gasteiger partial charge in [0.15, 0.2) is 18.1 Å². The molecule has 0 aliphatic heterocycles. The number of ether oxygens (including phenoxy) is 2. The van der Waals surface area contributed by atoms with Crippen LogP contribution in [0.5, 0.6) is 11.5 Å². The topological polar surface area (TPSA) is 118 Å². The smallest absolute Gasteiger partial charge is 0.329 e. The fourth-order valence-electron chi connectivity index (χ4n) is 2.97. The molecule has 0 radical (unpaired) electrons. The second-order valence-corrected chi connectivity index (χ2v) is 7.57. The summed E-state index contributed by atoms with van der Waals surface area (Å²) in [5.74, 6) is -1.05. The van der Waals surface area contributed by atoms with Crippen LogP contribution in [0, 0.1) is 13.8 Å². The Morgan fingerprint density at radius 3 is 2.41 bits per heavy atom. The minimum absolute atomic E-state index is 0.0945. The molecule has 168 valence electrons. The maximum Gasteiger partial charge on any atom is 0.329 e. The van der Waals surface area contributed by atoms with Gasteiger partial charge in [-0.05, 0) is 73.7 Å². The van der Waals surface area contributed by atoms with Crippen LogP contribution >= 0.6 is 0 Å². The third kappa shape index (κ3) is 6.83. The molecule has 0 spiro atoms. The van der Waals surface area contributed by atoms with E-state index in [-0.39, 0.29) is 18.6 Å². The standard InChI is InChI=1S/C23H26N4O5/c1-14-8-15(2)10-18(9-14)25-21(28)13-32-19-7-4-16(11-20(19)31-3)12-24-27-23(30)22(29)26-17-5-6-17/h4,7-12,17H,5-6,13H2,1-3H3,(H,25,28)(H,26,29)(H,27,30)/b24-12-. The maximum atomic E-state index is 12.2. The van der Waals surface area contributed by atoms with Gasteiger partial charge in [-0.1, -0.05) is 6.07 Å². The lowest BCUT2D eigenvalue weighted by atomic mass is 10.1. The second kappa shape index (κ2) is 10.4. The highest BCUT2D eigenvalue weighted by atomic mass is 16.5. The summed E-state index contributed by atoms with van der Waals surface area (Å²) in [6, 6.07) is 10.8. The summed E-state index contributed by atoms with van der Waals surface area (Å²) in [7, 11) is 1.47. The largest absolute Gasteiger partial charge is 0.493 e. The van der Waals surface area contributed by atoms with Gasteiger partial charge < -0.3 is 20.1 Å². The van der Waals surface area contributed by atoms with Crippen LogP contribution < -0.4 is 25.5 Å². The van der Waals surface area contributed by atoms with Crippen molar-refractivity contribution in [1.82, 2.24) is 10.7 Å². The lowest BCUT2D eigenvalue weighted by Crippen LogP contribution is -2.38. The summed E-state index contributed by atoms with van der Waals surface area (Å²) in [6.07, 6.45) is 3.16. The molecule has 3 amide bonds. The Kier molecular flexibility index (Phi) is 7.43. The number of hydrazone groups is 1. The normalized spacial score (nSPS) is 12.8. The molecular formula is C23H26N4O5. The van der Waals surface area contributed by atoms with Gasteiger partial charge >= 0.3 is 11.8 Å². The number of amides is 3. The molecule has 1 aliphatic rings. The number of carbonyl (C=O) groups is 3. The Hall–Kier alpha value is -3.88. The first-order valence-corrected chi connectivity index (χ1v) is 10.2. The molecule has 2 aromatic carbocycles. The summed E-state index contributed by atoms with van der Waals surface area (Å²) in [5, 5.41) is 9.17. The first-order chi connectivity index (χ1) is 15.3. The molecule has 1 fully saturated rings. The van der Waals surface area contributed by atoms with Gasteiger partial charge in [-0.15, -0.1) is 0 Å². The molecule has 0 aromatic heterocycles. The van der Waals surface area contributed by atoms with E-state index in [2.05, 4.69) is 21.2 Å². The number of nitrogens with one attached hydrogen (secondary N) is 3. The lowest BCUT2D eigenvalue weighted by Gasteiger charge is -2.12. The van der Waals surface area contributed by atoms with E-state index in [0.717, 1.165) is 24.0 Å². The Labute approximate surface area is 186 Å². The summed E-state index contributed by atoms with van der Waals surface area (Å²) in [4.78, 5) is 35.5. The Morgan fingerprint density at radius 2 is 1.75 bits per heavy atom. The van der Waals surface area contributed by atoms with Crippen molar-refractivity contribution in [2.45, 2.75) is 32.7 Å². The van der Waals surface area contributed by atoms with E-state index in [1.54, 1.807) is 18.2 Å². The van der Waals surface area contributed by atoms with Crippen LogP contribution in [0.15, 0.2) is 41.5 Å². The number of anilines is 1. The Morgan fingerprint density at radius 1 is 1.03 bits per heavy atom. The highest BCUT2D eigenvalue weighted by molar-refractivity contribution is 6.35. The Balaban J connectivity index is 1.53. The molecule has 9 heteroatoms. The number of hydrogen-bond acceptors (Lipinski definition) is 6. The molecule has 0 heterocycles. The molecule has 3 rings (SSSR count). The molecule has 2 aromatic rings. The van der Waals surface area contributed by atoms with E-state index in [9.17, 15) is 14.4 Å². The van der Waals surface area contributed by atoms with Gasteiger partial charge in [0, 0.05) is 11.7 Å². The summed E-state index contributed by atoms with van der Waals surface area (Å²) < 4.78 is 10.9. The number of rotatable bonds is 8. The number of nitrogens with zero attached hydrogens (tertiary/aromatic N) is 1. The van der Waals surface area contributed by atoms with Crippen LogP contribution in [0.3, 0.4) is 0 Å². The van der Waals surface area contributed by atoms with E-state index in [1.807, 2.05) is 32.0 Å². The maximum absolute atomic E-state index is 12.2. The zero-order chi connectivity index (χ0) is 23.1. The average molecular weight is 438 g/mol. The summed E-state index contributed by atoms with van der Waals surface area (Å²) >= 11 is 0. The van der Waals surface area contributed by atoms with Crippen LogP contribution in [-0.4, -0.2) is 43.7 Å². The molecule has 1 saturated carbocycles. The molecule has 0 atom stereocenters. The number of carbonyl (C=O) groups excluding carboxylic acids is 3. The summed E-state index contributed by atoms with van der Waals surface area (Å²) in [6.45, 7) is 3.73. The second-order valence-electron chi connectivity index (χ2n) is 7.57. The molecule has 32 heavy (non-hydrogen) atoms. The zero-order valence-electron chi connectivity index (χ0n) is 18.2. The van der Waals surface area contributed by atoms with Crippen molar-refractivity contribution in [3.05, 3.63) is 53.1 Å². The minimum Gasteiger partial charge on any atom is -0.493 e. The van der Waals surface area contributed by atoms with Crippen LogP contribution in [0.1, 0.15) is 29.5 Å². The number of methoxy groups -OCH3 is 1.